The van der Waals surface area contributed by atoms with Gasteiger partial charge in [0.2, 0.25) is 23.6 Å². The van der Waals surface area contributed by atoms with Crippen molar-refractivity contribution in [2.75, 3.05) is 13.1 Å². The van der Waals surface area contributed by atoms with Gasteiger partial charge in [0.15, 0.2) is 0 Å². The van der Waals surface area contributed by atoms with E-state index < -0.39 is 60.8 Å². The molecule has 0 heterocycles. The summed E-state index contributed by atoms with van der Waals surface area (Å²) in [7, 11) is 0. The molecule has 1 rings (SSSR count). The summed E-state index contributed by atoms with van der Waals surface area (Å²) >= 11 is 0. The number of carboxylic acids is 1. The quantitative estimate of drug-likeness (QED) is 0.225. The SMILES string of the molecule is CC(C)[C@H](N)C(=O)N[C@@H](C)C(=O)N[C@@H](Cc1ccccc1)C(=O)NCC(=O)NCC(=O)O. The van der Waals surface area contributed by atoms with E-state index >= 15 is 0 Å². The van der Waals surface area contributed by atoms with Crippen LogP contribution in [0.15, 0.2) is 30.3 Å². The second-order valence-electron chi connectivity index (χ2n) is 7.64. The molecule has 1 aromatic rings. The average Bonchev–Trinajstić information content (AvgIpc) is 2.75. The Morgan fingerprint density at radius 1 is 0.875 bits per heavy atom. The van der Waals surface area contributed by atoms with Crippen molar-refractivity contribution in [2.45, 2.75) is 45.3 Å². The molecule has 0 aliphatic rings. The number of carboxylic acid groups (broad SMARTS) is 1. The van der Waals surface area contributed by atoms with Crippen LogP contribution in [0.5, 0.6) is 0 Å². The molecule has 1 aromatic carbocycles. The second-order valence-corrected chi connectivity index (χ2v) is 7.64. The van der Waals surface area contributed by atoms with Crippen LogP contribution in [0.1, 0.15) is 26.3 Å². The van der Waals surface area contributed by atoms with Gasteiger partial charge in [0.25, 0.3) is 0 Å². The summed E-state index contributed by atoms with van der Waals surface area (Å²) in [5.41, 5.74) is 6.55. The molecule has 0 aromatic heterocycles. The van der Waals surface area contributed by atoms with Crippen LogP contribution in [-0.2, 0) is 30.4 Å². The summed E-state index contributed by atoms with van der Waals surface area (Å²) in [5.74, 6) is -3.73. The first-order valence-electron chi connectivity index (χ1n) is 10.2. The standard InChI is InChI=1S/C21H31N5O6/c1-12(2)18(22)21(32)25-13(3)19(30)26-15(9-14-7-5-4-6-8-14)20(31)24-10-16(27)23-11-17(28)29/h4-8,12-13,15,18H,9-11,22H2,1-3H3,(H,23,27)(H,24,31)(H,25,32)(H,26,30)(H,28,29)/t13-,15-,18-/m0/s1. The molecule has 7 N–H and O–H groups in total. The van der Waals surface area contributed by atoms with Crippen molar-refractivity contribution >= 4 is 29.6 Å². The van der Waals surface area contributed by atoms with Crippen LogP contribution in [0.2, 0.25) is 0 Å². The fourth-order valence-corrected chi connectivity index (χ4v) is 2.56. The van der Waals surface area contributed by atoms with E-state index in [1.54, 1.807) is 44.2 Å². The molecule has 0 saturated heterocycles. The van der Waals surface area contributed by atoms with Gasteiger partial charge in [-0.2, -0.15) is 0 Å². The highest BCUT2D eigenvalue weighted by Crippen LogP contribution is 2.04. The monoisotopic (exact) mass is 449 g/mol. The maximum atomic E-state index is 12.6. The van der Waals surface area contributed by atoms with E-state index in [9.17, 15) is 24.0 Å². The number of carbonyl (C=O) groups excluding carboxylic acids is 4. The fraction of sp³-hybridized carbons (Fsp3) is 0.476. The van der Waals surface area contributed by atoms with Gasteiger partial charge >= 0.3 is 5.97 Å². The number of benzene rings is 1. The van der Waals surface area contributed by atoms with Gasteiger partial charge in [0.1, 0.15) is 18.6 Å². The lowest BCUT2D eigenvalue weighted by molar-refractivity contribution is -0.138. The first kappa shape index (κ1) is 26.6. The first-order valence-corrected chi connectivity index (χ1v) is 10.2. The molecule has 0 radical (unpaired) electrons. The molecule has 0 unspecified atom stereocenters. The largest absolute Gasteiger partial charge is 0.480 e. The normalized spacial score (nSPS) is 13.4. The summed E-state index contributed by atoms with van der Waals surface area (Å²) in [4.78, 5) is 59.5. The third-order valence-corrected chi connectivity index (χ3v) is 4.55. The Morgan fingerprint density at radius 2 is 1.50 bits per heavy atom. The van der Waals surface area contributed by atoms with Crippen LogP contribution in [0.25, 0.3) is 0 Å². The highest BCUT2D eigenvalue weighted by molar-refractivity contribution is 5.94. The second kappa shape index (κ2) is 13.1. The first-order chi connectivity index (χ1) is 15.0. The van der Waals surface area contributed by atoms with Crippen LogP contribution in [0, 0.1) is 5.92 Å². The number of nitrogens with one attached hydrogen (secondary N) is 4. The van der Waals surface area contributed by atoms with E-state index in [4.69, 9.17) is 10.8 Å². The lowest BCUT2D eigenvalue weighted by Gasteiger charge is -2.23. The maximum Gasteiger partial charge on any atom is 0.322 e. The van der Waals surface area contributed by atoms with Crippen molar-refractivity contribution < 1.29 is 29.1 Å². The van der Waals surface area contributed by atoms with Gasteiger partial charge in [-0.1, -0.05) is 44.2 Å². The molecule has 0 saturated carbocycles. The predicted molar refractivity (Wildman–Crippen MR) is 116 cm³/mol. The van der Waals surface area contributed by atoms with E-state index in [0.717, 1.165) is 5.56 Å². The molecule has 176 valence electrons. The van der Waals surface area contributed by atoms with Gasteiger partial charge in [0, 0.05) is 6.42 Å². The van der Waals surface area contributed by atoms with Crippen molar-refractivity contribution in [1.82, 2.24) is 21.3 Å². The van der Waals surface area contributed by atoms with E-state index in [-0.39, 0.29) is 12.3 Å². The number of amides is 4. The van der Waals surface area contributed by atoms with Crippen molar-refractivity contribution in [3.05, 3.63) is 35.9 Å². The molecule has 0 bridgehead atoms. The summed E-state index contributed by atoms with van der Waals surface area (Å²) < 4.78 is 0. The molecule has 11 nitrogen and oxygen atoms in total. The Kier molecular flexibility index (Phi) is 10.8. The van der Waals surface area contributed by atoms with Crippen molar-refractivity contribution in [2.24, 2.45) is 11.7 Å². The summed E-state index contributed by atoms with van der Waals surface area (Å²) in [5, 5.41) is 18.2. The van der Waals surface area contributed by atoms with Crippen LogP contribution in [0.3, 0.4) is 0 Å². The Hall–Kier alpha value is -3.47. The molecule has 0 aliphatic heterocycles. The molecule has 0 fully saturated rings. The molecule has 32 heavy (non-hydrogen) atoms. The van der Waals surface area contributed by atoms with Gasteiger partial charge in [-0.25, -0.2) is 0 Å². The Balaban J connectivity index is 2.79. The van der Waals surface area contributed by atoms with Gasteiger partial charge in [0.05, 0.1) is 12.6 Å². The van der Waals surface area contributed by atoms with Gasteiger partial charge in [-0.3, -0.25) is 24.0 Å². The Morgan fingerprint density at radius 3 is 2.06 bits per heavy atom. The van der Waals surface area contributed by atoms with Crippen molar-refractivity contribution in [3.8, 4) is 0 Å². The lowest BCUT2D eigenvalue weighted by Crippen LogP contribution is -2.56. The Bertz CT molecular complexity index is 814. The molecular formula is C21H31N5O6. The van der Waals surface area contributed by atoms with E-state index in [1.807, 2.05) is 0 Å². The van der Waals surface area contributed by atoms with E-state index in [0.29, 0.717) is 0 Å². The number of nitrogens with two attached hydrogens (primary N) is 1. The average molecular weight is 450 g/mol. The van der Waals surface area contributed by atoms with E-state index in [1.165, 1.54) is 6.92 Å². The topological polar surface area (TPSA) is 180 Å². The van der Waals surface area contributed by atoms with Crippen LogP contribution < -0.4 is 27.0 Å². The van der Waals surface area contributed by atoms with Gasteiger partial charge < -0.3 is 32.1 Å². The molecule has 11 heteroatoms. The Labute approximate surface area is 186 Å². The fourth-order valence-electron chi connectivity index (χ4n) is 2.56. The summed E-state index contributed by atoms with van der Waals surface area (Å²) in [6, 6.07) is 6.16. The summed E-state index contributed by atoms with van der Waals surface area (Å²) in [6.45, 7) is 4.00. The van der Waals surface area contributed by atoms with Crippen molar-refractivity contribution in [1.29, 1.82) is 0 Å². The molecule has 0 spiro atoms. The molecule has 3 atom stereocenters. The summed E-state index contributed by atoms with van der Waals surface area (Å²) in [6.07, 6.45) is 0.140. The minimum Gasteiger partial charge on any atom is -0.480 e. The zero-order chi connectivity index (χ0) is 24.3. The van der Waals surface area contributed by atoms with Crippen LogP contribution in [0.4, 0.5) is 0 Å². The minimum atomic E-state index is -1.22. The zero-order valence-electron chi connectivity index (χ0n) is 18.4. The van der Waals surface area contributed by atoms with Crippen LogP contribution >= 0.6 is 0 Å². The molecule has 0 aliphatic carbocycles. The number of hydrogen-bond donors (Lipinski definition) is 6. The predicted octanol–water partition coefficient (Wildman–Crippen LogP) is -1.48. The van der Waals surface area contributed by atoms with Gasteiger partial charge in [-0.15, -0.1) is 0 Å². The lowest BCUT2D eigenvalue weighted by atomic mass is 10.0. The molecular weight excluding hydrogens is 418 g/mol. The van der Waals surface area contributed by atoms with Crippen molar-refractivity contribution in [3.63, 3.8) is 0 Å². The smallest absolute Gasteiger partial charge is 0.322 e. The molecule has 4 amide bonds. The van der Waals surface area contributed by atoms with E-state index in [2.05, 4.69) is 21.3 Å². The maximum absolute atomic E-state index is 12.6. The third kappa shape index (κ3) is 9.56. The third-order valence-electron chi connectivity index (χ3n) is 4.55. The number of rotatable bonds is 12. The van der Waals surface area contributed by atoms with Gasteiger partial charge in [-0.05, 0) is 18.4 Å². The van der Waals surface area contributed by atoms with Crippen LogP contribution in [-0.4, -0.2) is 65.9 Å². The zero-order valence-corrected chi connectivity index (χ0v) is 18.4. The number of carbonyl (C=O) groups is 5. The highest BCUT2D eigenvalue weighted by atomic mass is 16.4. The minimum absolute atomic E-state index is 0.117. The number of aliphatic carboxylic acids is 1. The highest BCUT2D eigenvalue weighted by Gasteiger charge is 2.26. The number of hydrogen-bond acceptors (Lipinski definition) is 6.